The van der Waals surface area contributed by atoms with Crippen LogP contribution in [0.5, 0.6) is 0 Å². The first-order valence-electron chi connectivity index (χ1n) is 5.29. The molecule has 0 unspecified atom stereocenters. The van der Waals surface area contributed by atoms with E-state index in [0.29, 0.717) is 0 Å². The first-order valence-corrected chi connectivity index (χ1v) is 6.84. The van der Waals surface area contributed by atoms with Crippen molar-refractivity contribution in [1.29, 1.82) is 0 Å². The molecule has 0 heterocycles. The van der Waals surface area contributed by atoms with Gasteiger partial charge in [-0.15, -0.1) is 0 Å². The standard InChI is InChI=1S/C13H6BrCl2F2NO/c14-6-3-10(17)12(11(18)4-6)19-13(20)8-5-7(15)1-2-9(8)16/h1-5H,(H,19,20). The van der Waals surface area contributed by atoms with Gasteiger partial charge in [0.25, 0.3) is 5.91 Å². The molecule has 0 bridgehead atoms. The van der Waals surface area contributed by atoms with Crippen LogP contribution in [0.4, 0.5) is 14.5 Å². The van der Waals surface area contributed by atoms with E-state index in [4.69, 9.17) is 23.2 Å². The SMILES string of the molecule is O=C(Nc1c(F)cc(Br)cc1F)c1cc(Cl)ccc1Cl. The largest absolute Gasteiger partial charge is 0.317 e. The van der Waals surface area contributed by atoms with Crippen molar-refractivity contribution in [3.8, 4) is 0 Å². The summed E-state index contributed by atoms with van der Waals surface area (Å²) in [4.78, 5) is 12.0. The van der Waals surface area contributed by atoms with Crippen molar-refractivity contribution < 1.29 is 13.6 Å². The Hall–Kier alpha value is -1.17. The van der Waals surface area contributed by atoms with E-state index in [0.717, 1.165) is 12.1 Å². The number of hydrogen-bond donors (Lipinski definition) is 1. The van der Waals surface area contributed by atoms with Gasteiger partial charge < -0.3 is 5.32 Å². The molecule has 0 fully saturated rings. The van der Waals surface area contributed by atoms with Gasteiger partial charge in [-0.25, -0.2) is 8.78 Å². The quantitative estimate of drug-likeness (QED) is 0.753. The molecule has 0 atom stereocenters. The molecule has 2 aromatic carbocycles. The molecule has 0 saturated carbocycles. The van der Waals surface area contributed by atoms with Crippen molar-refractivity contribution >= 4 is 50.7 Å². The number of anilines is 1. The van der Waals surface area contributed by atoms with E-state index in [2.05, 4.69) is 21.2 Å². The maximum Gasteiger partial charge on any atom is 0.257 e. The second-order valence-corrected chi connectivity index (χ2v) is 5.58. The monoisotopic (exact) mass is 379 g/mol. The molecule has 0 aliphatic rings. The highest BCUT2D eigenvalue weighted by molar-refractivity contribution is 9.10. The second kappa shape index (κ2) is 6.08. The topological polar surface area (TPSA) is 29.1 Å². The number of benzene rings is 2. The van der Waals surface area contributed by atoms with Crippen LogP contribution in [0.2, 0.25) is 10.0 Å². The third-order valence-corrected chi connectivity index (χ3v) is 3.44. The lowest BCUT2D eigenvalue weighted by molar-refractivity contribution is 0.102. The summed E-state index contributed by atoms with van der Waals surface area (Å²) < 4.78 is 27.5. The highest BCUT2D eigenvalue weighted by atomic mass is 79.9. The lowest BCUT2D eigenvalue weighted by Gasteiger charge is -2.09. The molecule has 2 rings (SSSR count). The molecule has 0 spiro atoms. The van der Waals surface area contributed by atoms with E-state index in [9.17, 15) is 13.6 Å². The van der Waals surface area contributed by atoms with E-state index < -0.39 is 23.2 Å². The van der Waals surface area contributed by atoms with Crippen LogP contribution in [0.15, 0.2) is 34.8 Å². The van der Waals surface area contributed by atoms with Crippen LogP contribution in [0.25, 0.3) is 0 Å². The van der Waals surface area contributed by atoms with Gasteiger partial charge in [0.05, 0.1) is 10.6 Å². The zero-order chi connectivity index (χ0) is 14.9. The molecule has 0 aliphatic carbocycles. The van der Waals surface area contributed by atoms with Gasteiger partial charge in [-0.3, -0.25) is 4.79 Å². The molecule has 0 aliphatic heterocycles. The van der Waals surface area contributed by atoms with E-state index >= 15 is 0 Å². The molecule has 0 saturated heterocycles. The first kappa shape index (κ1) is 15.2. The van der Waals surface area contributed by atoms with Crippen LogP contribution in [0, 0.1) is 11.6 Å². The minimum absolute atomic E-state index is 0.0286. The summed E-state index contributed by atoms with van der Waals surface area (Å²) in [5.74, 6) is -2.55. The van der Waals surface area contributed by atoms with Crippen molar-refractivity contribution in [2.75, 3.05) is 5.32 Å². The van der Waals surface area contributed by atoms with Crippen LogP contribution in [0.3, 0.4) is 0 Å². The van der Waals surface area contributed by atoms with Gasteiger partial charge in [0, 0.05) is 9.50 Å². The predicted molar refractivity (Wildman–Crippen MR) is 78.5 cm³/mol. The number of nitrogens with one attached hydrogen (secondary N) is 1. The Morgan fingerprint density at radius 1 is 1.10 bits per heavy atom. The van der Waals surface area contributed by atoms with Gasteiger partial charge in [0.1, 0.15) is 5.69 Å². The minimum Gasteiger partial charge on any atom is -0.317 e. The number of carbonyl (C=O) groups is 1. The van der Waals surface area contributed by atoms with Crippen LogP contribution in [-0.4, -0.2) is 5.91 Å². The van der Waals surface area contributed by atoms with E-state index in [1.807, 2.05) is 0 Å². The molecule has 0 aromatic heterocycles. The number of halogens is 5. The zero-order valence-electron chi connectivity index (χ0n) is 9.68. The number of amides is 1. The molecule has 1 N–H and O–H groups in total. The Labute approximate surface area is 131 Å². The molecule has 104 valence electrons. The number of rotatable bonds is 2. The van der Waals surface area contributed by atoms with Crippen molar-refractivity contribution in [2.45, 2.75) is 0 Å². The highest BCUT2D eigenvalue weighted by Crippen LogP contribution is 2.26. The summed E-state index contributed by atoms with van der Waals surface area (Å²) in [6, 6.07) is 6.32. The minimum atomic E-state index is -0.900. The highest BCUT2D eigenvalue weighted by Gasteiger charge is 2.17. The van der Waals surface area contributed by atoms with Crippen molar-refractivity contribution in [3.05, 3.63) is 62.0 Å². The normalized spacial score (nSPS) is 10.4. The van der Waals surface area contributed by atoms with Crippen molar-refractivity contribution in [2.24, 2.45) is 0 Å². The Morgan fingerprint density at radius 2 is 1.70 bits per heavy atom. The fraction of sp³-hybridized carbons (Fsp3) is 0. The predicted octanol–water partition coefficient (Wildman–Crippen LogP) is 5.29. The number of hydrogen-bond acceptors (Lipinski definition) is 1. The van der Waals surface area contributed by atoms with Crippen LogP contribution >= 0.6 is 39.1 Å². The van der Waals surface area contributed by atoms with Crippen molar-refractivity contribution in [3.63, 3.8) is 0 Å². The van der Waals surface area contributed by atoms with E-state index in [1.165, 1.54) is 18.2 Å². The van der Waals surface area contributed by atoms with Gasteiger partial charge >= 0.3 is 0 Å². The summed E-state index contributed by atoms with van der Waals surface area (Å²) >= 11 is 14.5. The van der Waals surface area contributed by atoms with Gasteiger partial charge in [-0.1, -0.05) is 39.1 Å². The first-order chi connectivity index (χ1) is 9.38. The molecule has 7 heteroatoms. The molecular formula is C13H6BrCl2F2NO. The fourth-order valence-corrected chi connectivity index (χ4v) is 2.29. The van der Waals surface area contributed by atoms with Gasteiger partial charge in [-0.05, 0) is 30.3 Å². The second-order valence-electron chi connectivity index (χ2n) is 3.82. The summed E-state index contributed by atoms with van der Waals surface area (Å²) in [5, 5.41) is 2.55. The Balaban J connectivity index is 2.35. The molecular weight excluding hydrogens is 375 g/mol. The van der Waals surface area contributed by atoms with E-state index in [1.54, 1.807) is 0 Å². The van der Waals surface area contributed by atoms with Crippen LogP contribution in [-0.2, 0) is 0 Å². The maximum absolute atomic E-state index is 13.6. The third kappa shape index (κ3) is 3.29. The maximum atomic E-state index is 13.6. The average molecular weight is 381 g/mol. The molecule has 2 aromatic rings. The number of carbonyl (C=O) groups excluding carboxylic acids is 1. The summed E-state index contributed by atoms with van der Waals surface area (Å²) in [6.07, 6.45) is 0. The lowest BCUT2D eigenvalue weighted by Crippen LogP contribution is -2.15. The summed E-state index contributed by atoms with van der Waals surface area (Å²) in [7, 11) is 0. The van der Waals surface area contributed by atoms with Gasteiger partial charge in [-0.2, -0.15) is 0 Å². The zero-order valence-corrected chi connectivity index (χ0v) is 12.8. The molecule has 20 heavy (non-hydrogen) atoms. The van der Waals surface area contributed by atoms with Gasteiger partial charge in [0.2, 0.25) is 0 Å². The van der Waals surface area contributed by atoms with Crippen LogP contribution < -0.4 is 5.32 Å². The van der Waals surface area contributed by atoms with Crippen LogP contribution in [0.1, 0.15) is 10.4 Å². The molecule has 2 nitrogen and oxygen atoms in total. The average Bonchev–Trinajstić information content (AvgIpc) is 2.36. The smallest absolute Gasteiger partial charge is 0.257 e. The van der Waals surface area contributed by atoms with Gasteiger partial charge in [0.15, 0.2) is 11.6 Å². The van der Waals surface area contributed by atoms with Crippen molar-refractivity contribution in [1.82, 2.24) is 0 Å². The summed E-state index contributed by atoms with van der Waals surface area (Å²) in [6.45, 7) is 0. The molecule has 0 radical (unpaired) electrons. The third-order valence-electron chi connectivity index (χ3n) is 2.42. The summed E-state index contributed by atoms with van der Waals surface area (Å²) in [5.41, 5.74) is -0.518. The Kier molecular flexibility index (Phi) is 4.62. The lowest BCUT2D eigenvalue weighted by atomic mass is 10.2. The van der Waals surface area contributed by atoms with E-state index in [-0.39, 0.29) is 20.1 Å². The Morgan fingerprint density at radius 3 is 2.30 bits per heavy atom. The fourth-order valence-electron chi connectivity index (χ4n) is 1.51. The Bertz CT molecular complexity index is 671. The molecule has 1 amide bonds.